The number of hydrogen-bond acceptors (Lipinski definition) is 3. The Bertz CT molecular complexity index is 197. The molecule has 0 aromatic rings. The minimum Gasteiger partial charge on any atom is -0.339 e. The molecule has 4 heteroatoms. The van der Waals surface area contributed by atoms with Gasteiger partial charge in [0.05, 0.1) is 0 Å². The SMILES string of the molecule is NCCNC1CN(C(=O)C2CC2)C1. The molecule has 2 aliphatic rings. The molecule has 0 spiro atoms. The van der Waals surface area contributed by atoms with Crippen molar-refractivity contribution in [2.24, 2.45) is 11.7 Å². The summed E-state index contributed by atoms with van der Waals surface area (Å²) in [5.74, 6) is 0.737. The minimum absolute atomic E-state index is 0.366. The average molecular weight is 183 g/mol. The van der Waals surface area contributed by atoms with Crippen LogP contribution in [0.5, 0.6) is 0 Å². The third-order valence-corrected chi connectivity index (χ3v) is 2.70. The molecule has 1 amide bonds. The predicted molar refractivity (Wildman–Crippen MR) is 50.1 cm³/mol. The largest absolute Gasteiger partial charge is 0.339 e. The van der Waals surface area contributed by atoms with E-state index in [0.717, 1.165) is 32.5 Å². The molecule has 4 nitrogen and oxygen atoms in total. The average Bonchev–Trinajstić information content (AvgIpc) is 2.83. The summed E-state index contributed by atoms with van der Waals surface area (Å²) in [4.78, 5) is 13.4. The third kappa shape index (κ3) is 2.00. The summed E-state index contributed by atoms with van der Waals surface area (Å²) in [6.07, 6.45) is 2.21. The molecule has 13 heavy (non-hydrogen) atoms. The molecule has 2 rings (SSSR count). The lowest BCUT2D eigenvalue weighted by Crippen LogP contribution is -2.60. The summed E-state index contributed by atoms with van der Waals surface area (Å²) in [6.45, 7) is 3.30. The van der Waals surface area contributed by atoms with E-state index in [1.807, 2.05) is 4.90 Å². The zero-order chi connectivity index (χ0) is 9.26. The Hall–Kier alpha value is -0.610. The van der Waals surface area contributed by atoms with Crippen LogP contribution >= 0.6 is 0 Å². The summed E-state index contributed by atoms with van der Waals surface area (Å²) in [5.41, 5.74) is 5.37. The summed E-state index contributed by atoms with van der Waals surface area (Å²) < 4.78 is 0. The second-order valence-corrected chi connectivity index (χ2v) is 3.96. The molecule has 2 fully saturated rings. The van der Waals surface area contributed by atoms with Gasteiger partial charge in [-0.2, -0.15) is 0 Å². The molecule has 1 aliphatic heterocycles. The maximum atomic E-state index is 11.5. The molecule has 3 N–H and O–H groups in total. The van der Waals surface area contributed by atoms with Crippen LogP contribution in [0.15, 0.2) is 0 Å². The van der Waals surface area contributed by atoms with Crippen molar-refractivity contribution in [2.45, 2.75) is 18.9 Å². The minimum atomic E-state index is 0.366. The molecule has 0 bridgehead atoms. The lowest BCUT2D eigenvalue weighted by atomic mass is 10.1. The molecule has 0 aromatic carbocycles. The molecular formula is C9H17N3O. The zero-order valence-electron chi connectivity index (χ0n) is 7.83. The van der Waals surface area contributed by atoms with Crippen molar-refractivity contribution in [3.63, 3.8) is 0 Å². The van der Waals surface area contributed by atoms with Crippen LogP contribution in [0.1, 0.15) is 12.8 Å². The number of rotatable bonds is 4. The standard InChI is InChI=1S/C9H17N3O/c10-3-4-11-8-5-12(6-8)9(13)7-1-2-7/h7-8,11H,1-6,10H2. The first-order chi connectivity index (χ1) is 6.31. The van der Waals surface area contributed by atoms with E-state index in [4.69, 9.17) is 5.73 Å². The topological polar surface area (TPSA) is 58.4 Å². The second kappa shape index (κ2) is 3.64. The molecular weight excluding hydrogens is 166 g/mol. The normalized spacial score (nSPS) is 23.0. The van der Waals surface area contributed by atoms with Gasteiger partial charge >= 0.3 is 0 Å². The van der Waals surface area contributed by atoms with Crippen LogP contribution in [0.2, 0.25) is 0 Å². The monoisotopic (exact) mass is 183 g/mol. The van der Waals surface area contributed by atoms with Crippen LogP contribution in [-0.4, -0.2) is 43.0 Å². The first-order valence-corrected chi connectivity index (χ1v) is 5.03. The van der Waals surface area contributed by atoms with Crippen LogP contribution in [0.3, 0.4) is 0 Å². The number of likely N-dealkylation sites (tertiary alicyclic amines) is 1. The van der Waals surface area contributed by atoms with Gasteiger partial charge in [-0.3, -0.25) is 4.79 Å². The Morgan fingerprint density at radius 2 is 2.15 bits per heavy atom. The van der Waals surface area contributed by atoms with Crippen molar-refractivity contribution in [1.29, 1.82) is 0 Å². The molecule has 1 saturated heterocycles. The molecule has 1 aliphatic carbocycles. The van der Waals surface area contributed by atoms with Gasteiger partial charge in [0.25, 0.3) is 0 Å². The van der Waals surface area contributed by atoms with Gasteiger partial charge in [0, 0.05) is 38.1 Å². The van der Waals surface area contributed by atoms with E-state index in [1.54, 1.807) is 0 Å². The lowest BCUT2D eigenvalue weighted by molar-refractivity contribution is -0.137. The summed E-state index contributed by atoms with van der Waals surface area (Å²) in [5, 5.41) is 3.29. The van der Waals surface area contributed by atoms with Crippen molar-refractivity contribution in [3.05, 3.63) is 0 Å². The summed E-state index contributed by atoms with van der Waals surface area (Å²) in [6, 6.07) is 0.492. The van der Waals surface area contributed by atoms with Crippen LogP contribution in [0, 0.1) is 5.92 Å². The smallest absolute Gasteiger partial charge is 0.225 e. The van der Waals surface area contributed by atoms with E-state index in [9.17, 15) is 4.79 Å². The Balaban J connectivity index is 1.63. The van der Waals surface area contributed by atoms with Gasteiger partial charge < -0.3 is 16.0 Å². The maximum absolute atomic E-state index is 11.5. The van der Waals surface area contributed by atoms with E-state index >= 15 is 0 Å². The van der Waals surface area contributed by atoms with Crippen LogP contribution in [0.25, 0.3) is 0 Å². The van der Waals surface area contributed by atoms with E-state index < -0.39 is 0 Å². The number of nitrogens with zero attached hydrogens (tertiary/aromatic N) is 1. The highest BCUT2D eigenvalue weighted by Crippen LogP contribution is 2.32. The molecule has 0 atom stereocenters. The Morgan fingerprint density at radius 1 is 1.46 bits per heavy atom. The van der Waals surface area contributed by atoms with Gasteiger partial charge in [-0.1, -0.05) is 0 Å². The fraction of sp³-hybridized carbons (Fsp3) is 0.889. The number of hydrogen-bond donors (Lipinski definition) is 2. The third-order valence-electron chi connectivity index (χ3n) is 2.70. The van der Waals surface area contributed by atoms with Crippen molar-refractivity contribution in [3.8, 4) is 0 Å². The highest BCUT2D eigenvalue weighted by atomic mass is 16.2. The second-order valence-electron chi connectivity index (χ2n) is 3.96. The molecule has 1 heterocycles. The van der Waals surface area contributed by atoms with Gasteiger partial charge in [-0.25, -0.2) is 0 Å². The zero-order valence-corrected chi connectivity index (χ0v) is 7.83. The number of amides is 1. The van der Waals surface area contributed by atoms with E-state index in [2.05, 4.69) is 5.32 Å². The molecule has 0 aromatic heterocycles. The van der Waals surface area contributed by atoms with Gasteiger partial charge in [0.15, 0.2) is 0 Å². The molecule has 74 valence electrons. The highest BCUT2D eigenvalue weighted by Gasteiger charge is 2.38. The first kappa shape index (κ1) is 8.97. The maximum Gasteiger partial charge on any atom is 0.225 e. The fourth-order valence-corrected chi connectivity index (χ4v) is 1.66. The fourth-order valence-electron chi connectivity index (χ4n) is 1.66. The summed E-state index contributed by atoms with van der Waals surface area (Å²) in [7, 11) is 0. The first-order valence-electron chi connectivity index (χ1n) is 5.03. The van der Waals surface area contributed by atoms with E-state index in [-0.39, 0.29) is 0 Å². The number of nitrogens with two attached hydrogens (primary N) is 1. The Labute approximate surface area is 78.5 Å². The Kier molecular flexibility index (Phi) is 2.51. The van der Waals surface area contributed by atoms with Crippen LogP contribution in [-0.2, 0) is 4.79 Å². The van der Waals surface area contributed by atoms with Crippen LogP contribution in [0.4, 0.5) is 0 Å². The van der Waals surface area contributed by atoms with Crippen molar-refractivity contribution in [2.75, 3.05) is 26.2 Å². The Morgan fingerprint density at radius 3 is 2.69 bits per heavy atom. The number of carbonyl (C=O) groups is 1. The lowest BCUT2D eigenvalue weighted by Gasteiger charge is -2.40. The number of nitrogens with one attached hydrogen (secondary N) is 1. The van der Waals surface area contributed by atoms with E-state index in [1.165, 1.54) is 0 Å². The van der Waals surface area contributed by atoms with Crippen molar-refractivity contribution in [1.82, 2.24) is 10.2 Å². The van der Waals surface area contributed by atoms with Crippen molar-refractivity contribution >= 4 is 5.91 Å². The molecule has 1 saturated carbocycles. The van der Waals surface area contributed by atoms with E-state index in [0.29, 0.717) is 24.4 Å². The summed E-state index contributed by atoms with van der Waals surface area (Å²) >= 11 is 0. The number of carbonyl (C=O) groups excluding carboxylic acids is 1. The van der Waals surface area contributed by atoms with Gasteiger partial charge in [0.1, 0.15) is 0 Å². The molecule has 0 radical (unpaired) electrons. The quantitative estimate of drug-likeness (QED) is 0.597. The van der Waals surface area contributed by atoms with Gasteiger partial charge in [-0.15, -0.1) is 0 Å². The van der Waals surface area contributed by atoms with Gasteiger partial charge in [0.2, 0.25) is 5.91 Å². The predicted octanol–water partition coefficient (Wildman–Crippen LogP) is -0.844. The molecule has 0 unspecified atom stereocenters. The highest BCUT2D eigenvalue weighted by molar-refractivity contribution is 5.81. The van der Waals surface area contributed by atoms with Crippen LogP contribution < -0.4 is 11.1 Å². The van der Waals surface area contributed by atoms with Gasteiger partial charge in [-0.05, 0) is 12.8 Å². The van der Waals surface area contributed by atoms with Crippen molar-refractivity contribution < 1.29 is 4.79 Å².